The van der Waals surface area contributed by atoms with E-state index in [-0.39, 0.29) is 11.7 Å². The highest BCUT2D eigenvalue weighted by Gasteiger charge is 2.18. The van der Waals surface area contributed by atoms with Crippen molar-refractivity contribution in [3.63, 3.8) is 0 Å². The van der Waals surface area contributed by atoms with Crippen LogP contribution < -0.4 is 5.32 Å². The normalized spacial score (nSPS) is 11.0. The standard InChI is InChI=1S/C25H21BrCl2N4OS/c1-3-16-13-18(26)12-15(2)23(16)29-22(33)14-34-25-31-30-24(17-4-6-19(27)7-5-17)32(25)21-10-8-20(28)9-11-21/h4-13H,3,14H2,1-2H3,(H,29,33). The predicted molar refractivity (Wildman–Crippen MR) is 144 cm³/mol. The zero-order valence-electron chi connectivity index (χ0n) is 18.5. The zero-order valence-corrected chi connectivity index (χ0v) is 22.4. The van der Waals surface area contributed by atoms with E-state index < -0.39 is 0 Å². The summed E-state index contributed by atoms with van der Waals surface area (Å²) in [6, 6.07) is 18.8. The number of thioether (sulfide) groups is 1. The van der Waals surface area contributed by atoms with Gasteiger partial charge in [0.25, 0.3) is 0 Å². The minimum absolute atomic E-state index is 0.108. The van der Waals surface area contributed by atoms with Gasteiger partial charge in [-0.15, -0.1) is 10.2 Å². The third-order valence-corrected chi connectivity index (χ3v) is 7.07. The van der Waals surface area contributed by atoms with Crippen molar-refractivity contribution in [2.45, 2.75) is 25.4 Å². The average molecular weight is 576 g/mol. The van der Waals surface area contributed by atoms with Crippen LogP contribution in [0.1, 0.15) is 18.1 Å². The quantitative estimate of drug-likeness (QED) is 0.230. The zero-order chi connectivity index (χ0) is 24.2. The van der Waals surface area contributed by atoms with Crippen molar-refractivity contribution in [1.29, 1.82) is 0 Å². The number of aryl methyl sites for hydroxylation is 2. The summed E-state index contributed by atoms with van der Waals surface area (Å²) in [4.78, 5) is 12.9. The van der Waals surface area contributed by atoms with Crippen LogP contribution in [0.15, 0.2) is 70.3 Å². The SMILES string of the molecule is CCc1cc(Br)cc(C)c1NC(=O)CSc1nnc(-c2ccc(Cl)cc2)n1-c1ccc(Cl)cc1. The van der Waals surface area contributed by atoms with Gasteiger partial charge in [-0.1, -0.05) is 57.8 Å². The van der Waals surface area contributed by atoms with E-state index in [9.17, 15) is 4.79 Å². The topological polar surface area (TPSA) is 59.8 Å². The highest BCUT2D eigenvalue weighted by atomic mass is 79.9. The Kier molecular flexibility index (Phi) is 7.99. The number of rotatable bonds is 7. The van der Waals surface area contributed by atoms with E-state index in [4.69, 9.17) is 23.2 Å². The van der Waals surface area contributed by atoms with Crippen molar-refractivity contribution in [2.24, 2.45) is 0 Å². The lowest BCUT2D eigenvalue weighted by Crippen LogP contribution is -2.16. The summed E-state index contributed by atoms with van der Waals surface area (Å²) >= 11 is 17.0. The maximum Gasteiger partial charge on any atom is 0.234 e. The van der Waals surface area contributed by atoms with Gasteiger partial charge in [-0.05, 0) is 85.1 Å². The van der Waals surface area contributed by atoms with Crippen LogP contribution in [0.4, 0.5) is 5.69 Å². The van der Waals surface area contributed by atoms with Crippen LogP contribution in [0.3, 0.4) is 0 Å². The molecule has 1 aromatic heterocycles. The van der Waals surface area contributed by atoms with Crippen LogP contribution in [0.5, 0.6) is 0 Å². The Hall–Kier alpha value is -2.32. The molecule has 0 radical (unpaired) electrons. The lowest BCUT2D eigenvalue weighted by Gasteiger charge is -2.14. The Morgan fingerprint density at radius 1 is 1.03 bits per heavy atom. The molecule has 0 atom stereocenters. The second kappa shape index (κ2) is 11.0. The summed E-state index contributed by atoms with van der Waals surface area (Å²) in [5.74, 6) is 0.730. The fourth-order valence-corrected chi connectivity index (χ4v) is 5.17. The fraction of sp³-hybridized carbons (Fsp3) is 0.160. The Bertz CT molecular complexity index is 1320. The number of anilines is 1. The number of hydrogen-bond acceptors (Lipinski definition) is 4. The molecule has 0 spiro atoms. The third kappa shape index (κ3) is 5.66. The molecule has 174 valence electrons. The molecule has 3 aromatic carbocycles. The van der Waals surface area contributed by atoms with E-state index in [1.165, 1.54) is 11.8 Å². The van der Waals surface area contributed by atoms with E-state index in [0.29, 0.717) is 21.0 Å². The first-order valence-corrected chi connectivity index (χ1v) is 13.1. The molecule has 9 heteroatoms. The van der Waals surface area contributed by atoms with Gasteiger partial charge >= 0.3 is 0 Å². The Labute approximate surface area is 221 Å². The molecule has 4 rings (SSSR count). The molecule has 1 N–H and O–H groups in total. The monoisotopic (exact) mass is 574 g/mol. The van der Waals surface area contributed by atoms with Gasteiger partial charge in [-0.3, -0.25) is 9.36 Å². The second-order valence-electron chi connectivity index (χ2n) is 7.57. The molecule has 0 aliphatic carbocycles. The van der Waals surface area contributed by atoms with Gasteiger partial charge in [-0.2, -0.15) is 0 Å². The number of carbonyl (C=O) groups excluding carboxylic acids is 1. The fourth-order valence-electron chi connectivity index (χ4n) is 3.55. The molecule has 4 aromatic rings. The molecule has 0 aliphatic rings. The molecular formula is C25H21BrCl2N4OS. The van der Waals surface area contributed by atoms with Crippen molar-refractivity contribution < 1.29 is 4.79 Å². The Morgan fingerprint density at radius 3 is 2.32 bits per heavy atom. The first-order chi connectivity index (χ1) is 16.4. The Balaban J connectivity index is 1.60. The number of carbonyl (C=O) groups is 1. The lowest BCUT2D eigenvalue weighted by molar-refractivity contribution is -0.113. The van der Waals surface area contributed by atoms with E-state index in [2.05, 4.69) is 38.4 Å². The minimum atomic E-state index is -0.108. The number of hydrogen-bond donors (Lipinski definition) is 1. The number of amides is 1. The Morgan fingerprint density at radius 2 is 1.68 bits per heavy atom. The number of nitrogens with one attached hydrogen (secondary N) is 1. The molecule has 0 aliphatic heterocycles. The van der Waals surface area contributed by atoms with Gasteiger partial charge in [0.15, 0.2) is 11.0 Å². The van der Waals surface area contributed by atoms with Gasteiger partial charge in [-0.25, -0.2) is 0 Å². The van der Waals surface area contributed by atoms with Gasteiger partial charge in [0, 0.05) is 31.5 Å². The predicted octanol–water partition coefficient (Wildman–Crippen LogP) is 7.61. The van der Waals surface area contributed by atoms with Crippen LogP contribution in [0.2, 0.25) is 10.0 Å². The van der Waals surface area contributed by atoms with Crippen LogP contribution in [-0.2, 0) is 11.2 Å². The maximum absolute atomic E-state index is 12.9. The minimum Gasteiger partial charge on any atom is -0.325 e. The van der Waals surface area contributed by atoms with Gasteiger partial charge in [0.2, 0.25) is 5.91 Å². The molecule has 0 bridgehead atoms. The van der Waals surface area contributed by atoms with Gasteiger partial charge in [0.05, 0.1) is 5.75 Å². The molecular weight excluding hydrogens is 555 g/mol. The van der Waals surface area contributed by atoms with E-state index in [1.54, 1.807) is 0 Å². The highest BCUT2D eigenvalue weighted by Crippen LogP contribution is 2.30. The summed E-state index contributed by atoms with van der Waals surface area (Å²) in [5, 5.41) is 13.7. The van der Waals surface area contributed by atoms with Crippen molar-refractivity contribution in [2.75, 3.05) is 11.1 Å². The van der Waals surface area contributed by atoms with E-state index in [0.717, 1.165) is 39.0 Å². The van der Waals surface area contributed by atoms with Crippen LogP contribution in [-0.4, -0.2) is 26.4 Å². The molecule has 5 nitrogen and oxygen atoms in total. The average Bonchev–Trinajstić information content (AvgIpc) is 3.24. The smallest absolute Gasteiger partial charge is 0.234 e. The van der Waals surface area contributed by atoms with Crippen LogP contribution in [0.25, 0.3) is 17.1 Å². The largest absolute Gasteiger partial charge is 0.325 e. The summed E-state index contributed by atoms with van der Waals surface area (Å²) < 4.78 is 2.92. The van der Waals surface area contributed by atoms with Gasteiger partial charge in [0.1, 0.15) is 0 Å². The number of aromatic nitrogens is 3. The number of benzene rings is 3. The lowest BCUT2D eigenvalue weighted by atomic mass is 10.1. The number of halogens is 3. The first kappa shape index (κ1) is 24.8. The molecule has 1 amide bonds. The molecule has 1 heterocycles. The van der Waals surface area contributed by atoms with E-state index in [1.807, 2.05) is 72.2 Å². The molecule has 34 heavy (non-hydrogen) atoms. The molecule has 0 unspecified atom stereocenters. The van der Waals surface area contributed by atoms with Crippen molar-refractivity contribution in [3.8, 4) is 17.1 Å². The molecule has 0 fully saturated rings. The number of nitrogens with zero attached hydrogens (tertiary/aromatic N) is 3. The summed E-state index contributed by atoms with van der Waals surface area (Å²) in [6.45, 7) is 4.06. The molecule has 0 saturated carbocycles. The van der Waals surface area contributed by atoms with Crippen LogP contribution >= 0.6 is 50.9 Å². The van der Waals surface area contributed by atoms with Crippen molar-refractivity contribution in [1.82, 2.24) is 14.8 Å². The maximum atomic E-state index is 12.9. The molecule has 0 saturated heterocycles. The van der Waals surface area contributed by atoms with Crippen molar-refractivity contribution >= 4 is 62.5 Å². The van der Waals surface area contributed by atoms with Crippen molar-refractivity contribution in [3.05, 3.63) is 86.3 Å². The third-order valence-electron chi connectivity index (χ3n) is 5.18. The van der Waals surface area contributed by atoms with E-state index >= 15 is 0 Å². The second-order valence-corrected chi connectivity index (χ2v) is 10.3. The first-order valence-electron chi connectivity index (χ1n) is 10.5. The van der Waals surface area contributed by atoms with Crippen LogP contribution in [0, 0.1) is 6.92 Å². The summed E-state index contributed by atoms with van der Waals surface area (Å²) in [5.41, 5.74) is 4.66. The highest BCUT2D eigenvalue weighted by molar-refractivity contribution is 9.10. The summed E-state index contributed by atoms with van der Waals surface area (Å²) in [7, 11) is 0. The van der Waals surface area contributed by atoms with Gasteiger partial charge < -0.3 is 5.32 Å². The summed E-state index contributed by atoms with van der Waals surface area (Å²) in [6.07, 6.45) is 0.818.